The first kappa shape index (κ1) is 29.9. The lowest BCUT2D eigenvalue weighted by Gasteiger charge is -2.33. The Morgan fingerprint density at radius 2 is 0.917 bits per heavy atom. The van der Waals surface area contributed by atoms with E-state index in [0.29, 0.717) is 0 Å². The molecule has 1 aliphatic heterocycles. The lowest BCUT2D eigenvalue weighted by Crippen LogP contribution is -2.30. The van der Waals surface area contributed by atoms with Crippen LogP contribution in [-0.4, -0.2) is 6.16 Å². The summed E-state index contributed by atoms with van der Waals surface area (Å²) in [6.45, 7) is 36.0. The zero-order valence-electron chi connectivity index (χ0n) is 26.2. The average Bonchev–Trinajstić information content (AvgIpc) is 3.06. The van der Waals surface area contributed by atoms with E-state index in [4.69, 9.17) is 0 Å². The second-order valence-electron chi connectivity index (χ2n) is 16.4. The Kier molecular flexibility index (Phi) is 7.87. The van der Waals surface area contributed by atoms with Gasteiger partial charge in [0.05, 0.1) is 22.0 Å². The summed E-state index contributed by atoms with van der Waals surface area (Å²) in [5.74, 6) is 0. The van der Waals surface area contributed by atoms with Crippen LogP contribution in [0.5, 0.6) is 0 Å². The highest BCUT2D eigenvalue weighted by atomic mass is 32.0. The van der Waals surface area contributed by atoms with Gasteiger partial charge in [-0.1, -0.05) is 128 Å². The van der Waals surface area contributed by atoms with E-state index in [-0.39, 0.29) is 27.1 Å². The maximum Gasteiger partial charge on any atom is 0.101 e. The second-order valence-corrected chi connectivity index (χ2v) is 21.6. The summed E-state index contributed by atoms with van der Waals surface area (Å²) in [4.78, 5) is 0. The molecule has 0 fully saturated rings. The van der Waals surface area contributed by atoms with Crippen LogP contribution < -0.4 is 10.6 Å². The van der Waals surface area contributed by atoms with Crippen LogP contribution in [-0.2, 0) is 33.5 Å². The number of hydrogen-bond donors (Lipinski definition) is 0. The number of fused-ring (bicyclic) bond motifs is 1. The quantitative estimate of drug-likeness (QED) is 0.343. The fourth-order valence-corrected chi connectivity index (χ4v) is 12.9. The summed E-state index contributed by atoms with van der Waals surface area (Å²) in [7, 11) is 0.232. The number of aryl methyl sites for hydroxylation is 1. The molecule has 3 rings (SSSR count). The highest BCUT2D eigenvalue weighted by Gasteiger charge is 2.40. The van der Waals surface area contributed by atoms with Crippen molar-refractivity contribution in [3.05, 3.63) is 57.6 Å². The largest absolute Gasteiger partial charge is 0.101 e. The normalized spacial score (nSPS) is 17.8. The molecule has 0 bridgehead atoms. The van der Waals surface area contributed by atoms with Gasteiger partial charge in [0.2, 0.25) is 0 Å². The predicted molar refractivity (Wildman–Crippen MR) is 171 cm³/mol. The average molecular weight is 526 g/mol. The van der Waals surface area contributed by atoms with Crippen molar-refractivity contribution in [2.24, 2.45) is 0 Å². The molecule has 0 saturated carbocycles. The first-order valence-electron chi connectivity index (χ1n) is 14.0. The maximum absolute atomic E-state index is 2.58. The van der Waals surface area contributed by atoms with Crippen LogP contribution in [0.15, 0.2) is 24.3 Å². The van der Waals surface area contributed by atoms with Gasteiger partial charge >= 0.3 is 0 Å². The van der Waals surface area contributed by atoms with Crippen LogP contribution in [0, 0.1) is 0 Å². The summed E-state index contributed by atoms with van der Waals surface area (Å²) in [6, 6.07) is 10.3. The molecule has 2 unspecified atom stereocenters. The first-order valence-corrected chi connectivity index (χ1v) is 17.7. The predicted octanol–water partition coefficient (Wildman–Crippen LogP) is 9.49. The summed E-state index contributed by atoms with van der Waals surface area (Å²) in [5.41, 5.74) is 10.3. The highest BCUT2D eigenvalue weighted by molar-refractivity contribution is 8.28. The van der Waals surface area contributed by atoms with Gasteiger partial charge in [0, 0.05) is 17.3 Å². The smallest absolute Gasteiger partial charge is 0.0561 e. The third kappa shape index (κ3) is 6.29. The van der Waals surface area contributed by atoms with Crippen LogP contribution >= 0.6 is 15.9 Å². The molecule has 2 aromatic rings. The molecular weight excluding hydrogens is 470 g/mol. The van der Waals surface area contributed by atoms with Gasteiger partial charge in [-0.15, -0.1) is 0 Å². The summed E-state index contributed by atoms with van der Waals surface area (Å²) < 4.78 is 0. The van der Waals surface area contributed by atoms with Crippen LogP contribution in [0.3, 0.4) is 0 Å². The molecule has 0 nitrogen and oxygen atoms in total. The van der Waals surface area contributed by atoms with Crippen molar-refractivity contribution in [2.75, 3.05) is 6.16 Å². The van der Waals surface area contributed by atoms with Crippen LogP contribution in [0.1, 0.15) is 137 Å². The minimum atomic E-state index is -0.678. The van der Waals surface area contributed by atoms with Crippen molar-refractivity contribution < 1.29 is 0 Å². The molecule has 2 aromatic carbocycles. The molecule has 2 heteroatoms. The molecule has 36 heavy (non-hydrogen) atoms. The van der Waals surface area contributed by atoms with Crippen LogP contribution in [0.2, 0.25) is 0 Å². The Hall–Kier alpha value is -0.700. The topological polar surface area (TPSA) is 0 Å². The van der Waals surface area contributed by atoms with Gasteiger partial charge in [0.15, 0.2) is 0 Å². The van der Waals surface area contributed by atoms with Gasteiger partial charge in [-0.05, 0) is 54.9 Å². The molecule has 0 aliphatic carbocycles. The number of benzene rings is 2. The Balaban J connectivity index is 2.26. The van der Waals surface area contributed by atoms with E-state index in [1.807, 2.05) is 0 Å². The molecule has 0 radical (unpaired) electrons. The molecule has 0 aromatic heterocycles. The van der Waals surface area contributed by atoms with Crippen molar-refractivity contribution in [1.82, 2.24) is 0 Å². The number of hydrogen-bond acceptors (Lipinski definition) is 0. The number of rotatable bonds is 2. The summed E-state index contributed by atoms with van der Waals surface area (Å²) in [6.07, 6.45) is 2.64. The zero-order chi connectivity index (χ0) is 27.6. The highest BCUT2D eigenvalue weighted by Crippen LogP contribution is 2.61. The molecule has 1 aliphatic rings. The SMILES string of the molecule is CC(C)(C)c1cc(C(C)(C)C)c(P[PH+]2CCc3cc(C(C)(C)C)cc(C(C)(C)C)c32)c(C(C)(C)C)c1. The second kappa shape index (κ2) is 9.49. The molecule has 0 N–H and O–H groups in total. The first-order chi connectivity index (χ1) is 16.0. The summed E-state index contributed by atoms with van der Waals surface area (Å²) >= 11 is 0. The van der Waals surface area contributed by atoms with E-state index in [2.05, 4.69) is 128 Å². The molecule has 0 amide bonds. The lowest BCUT2D eigenvalue weighted by atomic mass is 9.75. The van der Waals surface area contributed by atoms with Crippen LogP contribution in [0.25, 0.3) is 0 Å². The third-order valence-electron chi connectivity index (χ3n) is 7.74. The third-order valence-corrected chi connectivity index (χ3v) is 13.9. The van der Waals surface area contributed by atoms with Crippen molar-refractivity contribution in [1.29, 1.82) is 0 Å². The molecule has 2 atom stereocenters. The molecule has 0 saturated heterocycles. The molecular formula is C34H55P2+. The van der Waals surface area contributed by atoms with E-state index >= 15 is 0 Å². The van der Waals surface area contributed by atoms with Crippen molar-refractivity contribution in [3.8, 4) is 0 Å². The molecule has 0 spiro atoms. The van der Waals surface area contributed by atoms with E-state index in [1.165, 1.54) is 23.7 Å². The van der Waals surface area contributed by atoms with Gasteiger partial charge in [-0.25, -0.2) is 0 Å². The van der Waals surface area contributed by atoms with E-state index in [9.17, 15) is 0 Å². The van der Waals surface area contributed by atoms with Gasteiger partial charge in [0.25, 0.3) is 0 Å². The van der Waals surface area contributed by atoms with E-state index < -0.39 is 7.61 Å². The van der Waals surface area contributed by atoms with Crippen LogP contribution in [0.4, 0.5) is 0 Å². The minimum absolute atomic E-state index is 0.135. The van der Waals surface area contributed by atoms with E-state index in [0.717, 1.165) is 8.27 Å². The molecule has 1 heterocycles. The minimum Gasteiger partial charge on any atom is -0.0561 e. The van der Waals surface area contributed by atoms with Gasteiger partial charge in [0.1, 0.15) is 5.30 Å². The Morgan fingerprint density at radius 3 is 1.31 bits per heavy atom. The Morgan fingerprint density at radius 1 is 0.528 bits per heavy atom. The zero-order valence-corrected chi connectivity index (χ0v) is 28.2. The maximum atomic E-state index is 2.58. The van der Waals surface area contributed by atoms with Crippen molar-refractivity contribution in [2.45, 2.75) is 137 Å². The fraction of sp³-hybridized carbons (Fsp3) is 0.647. The molecule has 200 valence electrons. The van der Waals surface area contributed by atoms with Crippen molar-refractivity contribution >= 4 is 26.5 Å². The van der Waals surface area contributed by atoms with Crippen molar-refractivity contribution in [3.63, 3.8) is 0 Å². The Bertz CT molecular complexity index is 1080. The van der Waals surface area contributed by atoms with Gasteiger partial charge < -0.3 is 0 Å². The monoisotopic (exact) mass is 525 g/mol. The van der Waals surface area contributed by atoms with Gasteiger partial charge in [-0.2, -0.15) is 0 Å². The fourth-order valence-electron chi connectivity index (χ4n) is 5.33. The lowest BCUT2D eigenvalue weighted by molar-refractivity contribution is 0.554. The standard InChI is InChI=1S/C34H54P2/c1-30(2,3)23-18-22-16-17-36(29(22)27(21-23)34(13,14)15)35-28-25(32(7,8)9)19-24(31(4,5)6)20-26(28)33(10,11)12/h18-21,35H,16-17H2,1-15H3/p+1. The van der Waals surface area contributed by atoms with Gasteiger partial charge in [-0.3, -0.25) is 0 Å². The Labute approximate surface area is 227 Å². The van der Waals surface area contributed by atoms with E-state index in [1.54, 1.807) is 32.9 Å². The summed E-state index contributed by atoms with van der Waals surface area (Å²) in [5, 5.41) is 3.46.